The lowest BCUT2D eigenvalue weighted by Gasteiger charge is -2.11. The van der Waals surface area contributed by atoms with Gasteiger partial charge in [-0.05, 0) is 37.8 Å². The average Bonchev–Trinajstić information content (AvgIpc) is 3.16. The van der Waals surface area contributed by atoms with Crippen LogP contribution in [-0.4, -0.2) is 42.2 Å². The SMILES string of the molecule is CCc1c(C(=O)NC[C@H]2CCS(=O)(=O)C2)cnn1-c1ccc(C)cc1. The number of hydrogen-bond donors (Lipinski definition) is 1. The molecule has 0 unspecified atom stereocenters. The van der Waals surface area contributed by atoms with Crippen molar-refractivity contribution < 1.29 is 13.2 Å². The van der Waals surface area contributed by atoms with Gasteiger partial charge in [0.15, 0.2) is 9.84 Å². The molecule has 0 spiro atoms. The molecule has 2 heterocycles. The molecule has 0 bridgehead atoms. The Morgan fingerprint density at radius 2 is 2.04 bits per heavy atom. The van der Waals surface area contributed by atoms with Gasteiger partial charge < -0.3 is 5.32 Å². The average molecular weight is 361 g/mol. The molecular formula is C18H23N3O3S. The molecule has 1 N–H and O–H groups in total. The summed E-state index contributed by atoms with van der Waals surface area (Å²) in [6.45, 7) is 4.40. The molecule has 3 rings (SSSR count). The minimum atomic E-state index is -2.92. The summed E-state index contributed by atoms with van der Waals surface area (Å²) in [6.07, 6.45) is 2.87. The first-order valence-electron chi connectivity index (χ1n) is 8.52. The number of sulfone groups is 1. The summed E-state index contributed by atoms with van der Waals surface area (Å²) in [5, 5.41) is 7.24. The van der Waals surface area contributed by atoms with Gasteiger partial charge in [-0.15, -0.1) is 0 Å². The predicted molar refractivity (Wildman–Crippen MR) is 96.8 cm³/mol. The number of rotatable bonds is 5. The van der Waals surface area contributed by atoms with Gasteiger partial charge in [-0.25, -0.2) is 13.1 Å². The largest absolute Gasteiger partial charge is 0.352 e. The number of nitrogens with one attached hydrogen (secondary N) is 1. The highest BCUT2D eigenvalue weighted by atomic mass is 32.2. The second kappa shape index (κ2) is 7.00. The van der Waals surface area contributed by atoms with Crippen molar-refractivity contribution in [1.82, 2.24) is 15.1 Å². The summed E-state index contributed by atoms with van der Waals surface area (Å²) in [6, 6.07) is 7.98. The van der Waals surface area contributed by atoms with Gasteiger partial charge in [-0.1, -0.05) is 24.6 Å². The van der Waals surface area contributed by atoms with Crippen LogP contribution in [0.1, 0.15) is 35.0 Å². The number of aromatic nitrogens is 2. The van der Waals surface area contributed by atoms with Gasteiger partial charge in [0.25, 0.3) is 5.91 Å². The molecule has 1 aliphatic heterocycles. The molecule has 1 aromatic carbocycles. The van der Waals surface area contributed by atoms with Crippen LogP contribution in [-0.2, 0) is 16.3 Å². The van der Waals surface area contributed by atoms with Crippen LogP contribution in [0.3, 0.4) is 0 Å². The van der Waals surface area contributed by atoms with Crippen molar-refractivity contribution >= 4 is 15.7 Å². The van der Waals surface area contributed by atoms with Crippen molar-refractivity contribution in [3.05, 3.63) is 47.3 Å². The van der Waals surface area contributed by atoms with Gasteiger partial charge in [0.05, 0.1) is 34.6 Å². The maximum Gasteiger partial charge on any atom is 0.254 e. The van der Waals surface area contributed by atoms with Crippen LogP contribution in [0.15, 0.2) is 30.5 Å². The molecule has 6 nitrogen and oxygen atoms in total. The van der Waals surface area contributed by atoms with Crippen LogP contribution in [0, 0.1) is 12.8 Å². The Hall–Kier alpha value is -2.15. The molecule has 0 aliphatic carbocycles. The Morgan fingerprint density at radius 1 is 1.32 bits per heavy atom. The molecule has 1 amide bonds. The molecule has 2 aromatic rings. The highest BCUT2D eigenvalue weighted by Gasteiger charge is 2.28. The van der Waals surface area contributed by atoms with Gasteiger partial charge in [-0.3, -0.25) is 4.79 Å². The van der Waals surface area contributed by atoms with Crippen molar-refractivity contribution in [2.75, 3.05) is 18.1 Å². The number of carbonyl (C=O) groups excluding carboxylic acids is 1. The fourth-order valence-electron chi connectivity index (χ4n) is 3.18. The van der Waals surface area contributed by atoms with Gasteiger partial charge in [0.1, 0.15) is 0 Å². The summed E-state index contributed by atoms with van der Waals surface area (Å²) in [7, 11) is -2.92. The van der Waals surface area contributed by atoms with E-state index in [0.29, 0.717) is 24.9 Å². The zero-order chi connectivity index (χ0) is 18.0. The number of aryl methyl sites for hydroxylation is 1. The van der Waals surface area contributed by atoms with Crippen molar-refractivity contribution in [3.8, 4) is 5.69 Å². The van der Waals surface area contributed by atoms with E-state index >= 15 is 0 Å². The first-order valence-corrected chi connectivity index (χ1v) is 10.3. The van der Waals surface area contributed by atoms with E-state index < -0.39 is 9.84 Å². The van der Waals surface area contributed by atoms with Crippen LogP contribution in [0.2, 0.25) is 0 Å². The lowest BCUT2D eigenvalue weighted by Crippen LogP contribution is -2.30. The van der Waals surface area contributed by atoms with Crippen LogP contribution in [0.5, 0.6) is 0 Å². The molecule has 1 atom stereocenters. The molecule has 1 fully saturated rings. The van der Waals surface area contributed by atoms with E-state index in [1.807, 2.05) is 38.1 Å². The molecule has 1 aromatic heterocycles. The summed E-state index contributed by atoms with van der Waals surface area (Å²) in [4.78, 5) is 12.5. The predicted octanol–water partition coefficient (Wildman–Crippen LogP) is 1.91. The smallest absolute Gasteiger partial charge is 0.254 e. The fraction of sp³-hybridized carbons (Fsp3) is 0.444. The highest BCUT2D eigenvalue weighted by Crippen LogP contribution is 2.19. The van der Waals surface area contributed by atoms with E-state index in [9.17, 15) is 13.2 Å². The topological polar surface area (TPSA) is 81.1 Å². The van der Waals surface area contributed by atoms with Crippen molar-refractivity contribution in [2.24, 2.45) is 5.92 Å². The molecule has 1 aliphatic rings. The lowest BCUT2D eigenvalue weighted by atomic mass is 10.1. The molecule has 7 heteroatoms. The van der Waals surface area contributed by atoms with Crippen molar-refractivity contribution in [1.29, 1.82) is 0 Å². The van der Waals surface area contributed by atoms with Crippen molar-refractivity contribution in [3.63, 3.8) is 0 Å². The quantitative estimate of drug-likeness (QED) is 0.882. The molecule has 25 heavy (non-hydrogen) atoms. The van der Waals surface area contributed by atoms with E-state index in [4.69, 9.17) is 0 Å². The van der Waals surface area contributed by atoms with Gasteiger partial charge in [0, 0.05) is 6.54 Å². The standard InChI is InChI=1S/C18H23N3O3S/c1-3-17-16(11-20-21(17)15-6-4-13(2)5-7-15)18(22)19-10-14-8-9-25(23,24)12-14/h4-7,11,14H,3,8-10,12H2,1-2H3,(H,19,22)/t14-/m1/s1. The Morgan fingerprint density at radius 3 is 2.64 bits per heavy atom. The zero-order valence-electron chi connectivity index (χ0n) is 14.5. The number of carbonyl (C=O) groups is 1. The number of nitrogens with zero attached hydrogens (tertiary/aromatic N) is 2. The minimum Gasteiger partial charge on any atom is -0.352 e. The summed E-state index contributed by atoms with van der Waals surface area (Å²) >= 11 is 0. The van der Waals surface area contributed by atoms with Crippen LogP contribution in [0.25, 0.3) is 5.69 Å². The first-order chi connectivity index (χ1) is 11.9. The molecule has 0 radical (unpaired) electrons. The number of hydrogen-bond acceptors (Lipinski definition) is 4. The summed E-state index contributed by atoms with van der Waals surface area (Å²) < 4.78 is 24.8. The maximum atomic E-state index is 12.5. The van der Waals surface area contributed by atoms with Crippen molar-refractivity contribution in [2.45, 2.75) is 26.7 Å². The van der Waals surface area contributed by atoms with E-state index in [2.05, 4.69) is 10.4 Å². The summed E-state index contributed by atoms with van der Waals surface area (Å²) in [5.41, 5.74) is 3.48. The second-order valence-electron chi connectivity index (χ2n) is 6.58. The Labute approximate surface area is 148 Å². The molecule has 1 saturated heterocycles. The Balaban J connectivity index is 1.74. The van der Waals surface area contributed by atoms with Gasteiger partial charge in [0.2, 0.25) is 0 Å². The third kappa shape index (κ3) is 3.92. The number of amides is 1. The van der Waals surface area contributed by atoms with E-state index in [-0.39, 0.29) is 23.3 Å². The van der Waals surface area contributed by atoms with E-state index in [0.717, 1.165) is 11.4 Å². The monoisotopic (exact) mass is 361 g/mol. The Bertz CT molecular complexity index is 869. The third-order valence-electron chi connectivity index (χ3n) is 4.60. The maximum absolute atomic E-state index is 12.5. The zero-order valence-corrected chi connectivity index (χ0v) is 15.3. The molecule has 0 saturated carbocycles. The normalized spacial score (nSPS) is 19.0. The lowest BCUT2D eigenvalue weighted by molar-refractivity contribution is 0.0947. The second-order valence-corrected chi connectivity index (χ2v) is 8.81. The first kappa shape index (κ1) is 17.7. The van der Waals surface area contributed by atoms with E-state index in [1.54, 1.807) is 10.9 Å². The van der Waals surface area contributed by atoms with Gasteiger partial charge in [-0.2, -0.15) is 5.10 Å². The summed E-state index contributed by atoms with van der Waals surface area (Å²) in [5.74, 6) is 0.195. The van der Waals surface area contributed by atoms with Gasteiger partial charge >= 0.3 is 0 Å². The fourth-order valence-corrected chi connectivity index (χ4v) is 5.04. The third-order valence-corrected chi connectivity index (χ3v) is 6.44. The Kier molecular flexibility index (Phi) is 4.94. The minimum absolute atomic E-state index is 0.00571. The molecule has 134 valence electrons. The molecular weight excluding hydrogens is 338 g/mol. The number of benzene rings is 1. The van der Waals surface area contributed by atoms with Crippen LogP contribution in [0.4, 0.5) is 0 Å². The van der Waals surface area contributed by atoms with E-state index in [1.165, 1.54) is 5.56 Å². The van der Waals surface area contributed by atoms with Crippen LogP contribution < -0.4 is 5.32 Å². The van der Waals surface area contributed by atoms with Crippen LogP contribution >= 0.6 is 0 Å². The highest BCUT2D eigenvalue weighted by molar-refractivity contribution is 7.91.